The van der Waals surface area contributed by atoms with Crippen LogP contribution in [0.3, 0.4) is 0 Å². The Labute approximate surface area is 112 Å². The monoisotopic (exact) mass is 259 g/mol. The molecule has 0 radical (unpaired) electrons. The molecule has 100 valence electrons. The van der Waals surface area contributed by atoms with Gasteiger partial charge in [-0.05, 0) is 35.9 Å². The van der Waals surface area contributed by atoms with Crippen molar-refractivity contribution in [3.8, 4) is 5.75 Å². The van der Waals surface area contributed by atoms with E-state index in [-0.39, 0.29) is 5.92 Å². The molecule has 0 aliphatic rings. The van der Waals surface area contributed by atoms with Crippen molar-refractivity contribution in [1.82, 2.24) is 4.98 Å². The quantitative estimate of drug-likeness (QED) is 0.896. The first-order chi connectivity index (χ1) is 9.06. The van der Waals surface area contributed by atoms with Crippen molar-refractivity contribution in [1.29, 1.82) is 0 Å². The van der Waals surface area contributed by atoms with E-state index in [0.717, 1.165) is 10.8 Å². The molecule has 1 heterocycles. The maximum atomic E-state index is 11.2. The number of hydrogen-bond donors (Lipinski definition) is 1. The fraction of sp³-hybridized carbons (Fsp3) is 0.333. The Morgan fingerprint density at radius 2 is 2.11 bits per heavy atom. The first kappa shape index (κ1) is 13.3. The number of fused-ring (bicyclic) bond motifs is 1. The maximum absolute atomic E-state index is 11.2. The van der Waals surface area contributed by atoms with Gasteiger partial charge in [-0.3, -0.25) is 4.98 Å². The van der Waals surface area contributed by atoms with Gasteiger partial charge in [-0.2, -0.15) is 0 Å². The van der Waals surface area contributed by atoms with E-state index < -0.39 is 12.1 Å². The second-order valence-corrected chi connectivity index (χ2v) is 4.96. The van der Waals surface area contributed by atoms with E-state index in [4.69, 9.17) is 9.84 Å². The number of carboxylic acids is 1. The highest BCUT2D eigenvalue weighted by molar-refractivity contribution is 5.83. The highest BCUT2D eigenvalue weighted by Crippen LogP contribution is 2.22. The molecule has 1 unspecified atom stereocenters. The standard InChI is InChI=1S/C15H17NO3/c1-10(2)7-14(15(17)18)19-13-4-3-11-5-6-16-9-12(11)8-13/h3-6,8-10,14H,7H2,1-2H3,(H,17,18). The van der Waals surface area contributed by atoms with E-state index in [2.05, 4.69) is 4.98 Å². The summed E-state index contributed by atoms with van der Waals surface area (Å²) >= 11 is 0. The van der Waals surface area contributed by atoms with E-state index in [1.165, 1.54) is 0 Å². The highest BCUT2D eigenvalue weighted by atomic mass is 16.5. The van der Waals surface area contributed by atoms with Crippen LogP contribution in [0.2, 0.25) is 0 Å². The molecule has 0 amide bonds. The molecule has 0 aliphatic carbocycles. The van der Waals surface area contributed by atoms with E-state index >= 15 is 0 Å². The van der Waals surface area contributed by atoms with Crippen molar-refractivity contribution in [2.24, 2.45) is 5.92 Å². The van der Waals surface area contributed by atoms with Gasteiger partial charge in [0, 0.05) is 17.8 Å². The van der Waals surface area contributed by atoms with Gasteiger partial charge < -0.3 is 9.84 Å². The molecule has 1 N–H and O–H groups in total. The van der Waals surface area contributed by atoms with Crippen LogP contribution in [0.1, 0.15) is 20.3 Å². The lowest BCUT2D eigenvalue weighted by atomic mass is 10.1. The predicted molar refractivity (Wildman–Crippen MR) is 73.2 cm³/mol. The SMILES string of the molecule is CC(C)CC(Oc1ccc2ccncc2c1)C(=O)O. The zero-order valence-electron chi connectivity index (χ0n) is 11.0. The molecule has 1 atom stereocenters. The number of carbonyl (C=O) groups is 1. The van der Waals surface area contributed by atoms with E-state index in [1.54, 1.807) is 18.5 Å². The lowest BCUT2D eigenvalue weighted by molar-refractivity contribution is -0.145. The zero-order valence-corrected chi connectivity index (χ0v) is 11.0. The number of rotatable bonds is 5. The average molecular weight is 259 g/mol. The molecule has 0 bridgehead atoms. The Bertz CT molecular complexity index is 580. The Morgan fingerprint density at radius 3 is 2.79 bits per heavy atom. The fourth-order valence-corrected chi connectivity index (χ4v) is 1.93. The van der Waals surface area contributed by atoms with Gasteiger partial charge in [-0.1, -0.05) is 19.9 Å². The number of hydrogen-bond acceptors (Lipinski definition) is 3. The largest absolute Gasteiger partial charge is 0.479 e. The summed E-state index contributed by atoms with van der Waals surface area (Å²) in [5.74, 6) is -0.100. The summed E-state index contributed by atoms with van der Waals surface area (Å²) in [6.45, 7) is 3.95. The summed E-state index contributed by atoms with van der Waals surface area (Å²) in [7, 11) is 0. The third-order valence-corrected chi connectivity index (χ3v) is 2.85. The van der Waals surface area contributed by atoms with Gasteiger partial charge >= 0.3 is 5.97 Å². The molecule has 0 fully saturated rings. The molecule has 0 spiro atoms. The molecular weight excluding hydrogens is 242 g/mol. The minimum Gasteiger partial charge on any atom is -0.479 e. The van der Waals surface area contributed by atoms with Crippen LogP contribution in [0, 0.1) is 5.92 Å². The van der Waals surface area contributed by atoms with Gasteiger partial charge in [0.05, 0.1) is 0 Å². The predicted octanol–water partition coefficient (Wildman–Crippen LogP) is 3.11. The van der Waals surface area contributed by atoms with Crippen molar-refractivity contribution in [2.75, 3.05) is 0 Å². The second kappa shape index (κ2) is 5.69. The smallest absolute Gasteiger partial charge is 0.344 e. The number of pyridine rings is 1. The summed E-state index contributed by atoms with van der Waals surface area (Å²) < 4.78 is 5.57. The second-order valence-electron chi connectivity index (χ2n) is 4.96. The van der Waals surface area contributed by atoms with Crippen molar-refractivity contribution in [3.63, 3.8) is 0 Å². The summed E-state index contributed by atoms with van der Waals surface area (Å²) in [4.78, 5) is 15.2. The number of nitrogens with zero attached hydrogens (tertiary/aromatic N) is 1. The maximum Gasteiger partial charge on any atom is 0.344 e. The number of aromatic nitrogens is 1. The molecule has 1 aromatic heterocycles. The van der Waals surface area contributed by atoms with Crippen LogP contribution in [0.15, 0.2) is 36.7 Å². The topological polar surface area (TPSA) is 59.4 Å². The van der Waals surface area contributed by atoms with Crippen molar-refractivity contribution < 1.29 is 14.6 Å². The molecule has 4 heteroatoms. The Kier molecular flexibility index (Phi) is 4.00. The van der Waals surface area contributed by atoms with Crippen LogP contribution in [0.4, 0.5) is 0 Å². The Hall–Kier alpha value is -2.10. The molecular formula is C15H17NO3. The minimum absolute atomic E-state index is 0.267. The van der Waals surface area contributed by atoms with Crippen LogP contribution >= 0.6 is 0 Å². The third-order valence-electron chi connectivity index (χ3n) is 2.85. The van der Waals surface area contributed by atoms with Crippen LogP contribution < -0.4 is 4.74 Å². The normalized spacial score (nSPS) is 12.6. The van der Waals surface area contributed by atoms with Crippen molar-refractivity contribution >= 4 is 16.7 Å². The highest BCUT2D eigenvalue weighted by Gasteiger charge is 2.20. The molecule has 2 rings (SSSR count). The molecule has 19 heavy (non-hydrogen) atoms. The third kappa shape index (κ3) is 3.44. The molecule has 4 nitrogen and oxygen atoms in total. The van der Waals surface area contributed by atoms with E-state index in [0.29, 0.717) is 12.2 Å². The minimum atomic E-state index is -0.931. The van der Waals surface area contributed by atoms with E-state index in [9.17, 15) is 4.79 Å². The zero-order chi connectivity index (χ0) is 13.8. The molecule has 0 saturated heterocycles. The Morgan fingerprint density at radius 1 is 1.32 bits per heavy atom. The van der Waals surface area contributed by atoms with Crippen molar-refractivity contribution in [3.05, 3.63) is 36.7 Å². The number of aliphatic carboxylic acids is 1. The summed E-state index contributed by atoms with van der Waals surface area (Å²) in [6, 6.07) is 7.42. The van der Waals surface area contributed by atoms with Crippen LogP contribution in [-0.4, -0.2) is 22.2 Å². The average Bonchev–Trinajstić information content (AvgIpc) is 2.37. The van der Waals surface area contributed by atoms with Gasteiger partial charge in [0.1, 0.15) is 5.75 Å². The van der Waals surface area contributed by atoms with Gasteiger partial charge in [0.25, 0.3) is 0 Å². The summed E-state index contributed by atoms with van der Waals surface area (Å²) in [5, 5.41) is 11.2. The molecule has 2 aromatic rings. The van der Waals surface area contributed by atoms with Crippen LogP contribution in [0.25, 0.3) is 10.8 Å². The molecule has 0 saturated carbocycles. The lowest BCUT2D eigenvalue weighted by Gasteiger charge is -2.17. The number of benzene rings is 1. The van der Waals surface area contributed by atoms with Crippen molar-refractivity contribution in [2.45, 2.75) is 26.4 Å². The van der Waals surface area contributed by atoms with Crippen LogP contribution in [0.5, 0.6) is 5.75 Å². The van der Waals surface area contributed by atoms with Gasteiger partial charge in [0.15, 0.2) is 6.10 Å². The first-order valence-corrected chi connectivity index (χ1v) is 6.29. The fourth-order valence-electron chi connectivity index (χ4n) is 1.93. The van der Waals surface area contributed by atoms with Crippen LogP contribution in [-0.2, 0) is 4.79 Å². The number of ether oxygens (including phenoxy) is 1. The molecule has 1 aromatic carbocycles. The first-order valence-electron chi connectivity index (χ1n) is 6.29. The lowest BCUT2D eigenvalue weighted by Crippen LogP contribution is -2.28. The summed E-state index contributed by atoms with van der Waals surface area (Å²) in [6.07, 6.45) is 3.14. The summed E-state index contributed by atoms with van der Waals surface area (Å²) in [5.41, 5.74) is 0. The van der Waals surface area contributed by atoms with Gasteiger partial charge in [-0.25, -0.2) is 4.79 Å². The number of carboxylic acid groups (broad SMARTS) is 1. The van der Waals surface area contributed by atoms with Gasteiger partial charge in [0.2, 0.25) is 0 Å². The van der Waals surface area contributed by atoms with E-state index in [1.807, 2.05) is 32.0 Å². The molecule has 0 aliphatic heterocycles. The Balaban J connectivity index is 2.21. The van der Waals surface area contributed by atoms with Gasteiger partial charge in [-0.15, -0.1) is 0 Å².